The first-order valence-corrected chi connectivity index (χ1v) is 6.78. The van der Waals surface area contributed by atoms with Crippen molar-refractivity contribution in [3.05, 3.63) is 62.7 Å². The molecular formula is C15H15IO2. The molecule has 0 radical (unpaired) electrons. The Labute approximate surface area is 121 Å². The monoisotopic (exact) mass is 354 g/mol. The van der Waals surface area contributed by atoms with E-state index in [1.807, 2.05) is 49.4 Å². The molecule has 3 heteroatoms. The van der Waals surface area contributed by atoms with Crippen LogP contribution >= 0.6 is 22.6 Å². The maximum Gasteiger partial charge on any atom is 0.125 e. The molecule has 0 aromatic heterocycles. The Morgan fingerprint density at radius 3 is 2.39 bits per heavy atom. The van der Waals surface area contributed by atoms with Crippen LogP contribution in [0.1, 0.15) is 22.8 Å². The molecule has 0 aliphatic heterocycles. The summed E-state index contributed by atoms with van der Waals surface area (Å²) in [6, 6.07) is 13.7. The molecule has 0 aliphatic rings. The van der Waals surface area contributed by atoms with E-state index < -0.39 is 6.10 Å². The van der Waals surface area contributed by atoms with E-state index in [1.54, 1.807) is 7.11 Å². The number of aliphatic hydroxyl groups excluding tert-OH is 1. The normalized spacial score (nSPS) is 12.2. The van der Waals surface area contributed by atoms with Gasteiger partial charge in [-0.25, -0.2) is 0 Å². The van der Waals surface area contributed by atoms with Gasteiger partial charge in [-0.3, -0.25) is 0 Å². The molecule has 0 saturated heterocycles. The summed E-state index contributed by atoms with van der Waals surface area (Å²) in [4.78, 5) is 0. The van der Waals surface area contributed by atoms with Gasteiger partial charge in [0.25, 0.3) is 0 Å². The van der Waals surface area contributed by atoms with Crippen molar-refractivity contribution in [1.82, 2.24) is 0 Å². The zero-order chi connectivity index (χ0) is 13.1. The molecule has 0 aliphatic carbocycles. The second-order valence-corrected chi connectivity index (χ2v) is 5.45. The Balaban J connectivity index is 2.41. The van der Waals surface area contributed by atoms with Crippen LogP contribution in [0.2, 0.25) is 0 Å². The number of methoxy groups -OCH3 is 1. The van der Waals surface area contributed by atoms with E-state index in [4.69, 9.17) is 4.74 Å². The average molecular weight is 354 g/mol. The van der Waals surface area contributed by atoms with E-state index >= 15 is 0 Å². The van der Waals surface area contributed by atoms with Gasteiger partial charge in [0.1, 0.15) is 11.9 Å². The van der Waals surface area contributed by atoms with Gasteiger partial charge in [-0.15, -0.1) is 0 Å². The quantitative estimate of drug-likeness (QED) is 0.852. The molecule has 1 N–H and O–H groups in total. The minimum Gasteiger partial charge on any atom is -0.496 e. The fourth-order valence-electron chi connectivity index (χ4n) is 1.89. The summed E-state index contributed by atoms with van der Waals surface area (Å²) in [6.07, 6.45) is -0.656. The Hall–Kier alpha value is -1.07. The van der Waals surface area contributed by atoms with Gasteiger partial charge in [-0.05, 0) is 59.3 Å². The lowest BCUT2D eigenvalue weighted by Crippen LogP contribution is -2.03. The second-order valence-electron chi connectivity index (χ2n) is 4.20. The molecule has 2 aromatic rings. The highest BCUT2D eigenvalue weighted by Gasteiger charge is 2.15. The topological polar surface area (TPSA) is 29.5 Å². The standard InChI is InChI=1S/C15H15IO2/c1-10-3-8-14(18-2)13(9-10)15(17)11-4-6-12(16)7-5-11/h3-9,15,17H,1-2H3. The molecule has 0 amide bonds. The largest absolute Gasteiger partial charge is 0.496 e. The van der Waals surface area contributed by atoms with Crippen LogP contribution in [0.15, 0.2) is 42.5 Å². The van der Waals surface area contributed by atoms with Crippen LogP contribution in [-0.2, 0) is 0 Å². The minimum atomic E-state index is -0.656. The van der Waals surface area contributed by atoms with Crippen LogP contribution in [-0.4, -0.2) is 12.2 Å². The Morgan fingerprint density at radius 2 is 1.78 bits per heavy atom. The lowest BCUT2D eigenvalue weighted by Gasteiger charge is -2.16. The zero-order valence-electron chi connectivity index (χ0n) is 10.4. The molecule has 2 rings (SSSR count). The van der Waals surface area contributed by atoms with E-state index in [0.29, 0.717) is 5.75 Å². The first kappa shape index (κ1) is 13.4. The van der Waals surface area contributed by atoms with Gasteiger partial charge in [0, 0.05) is 9.13 Å². The molecule has 0 heterocycles. The molecular weight excluding hydrogens is 339 g/mol. The van der Waals surface area contributed by atoms with Gasteiger partial charge in [0.05, 0.1) is 7.11 Å². The predicted molar refractivity (Wildman–Crippen MR) is 81.0 cm³/mol. The third-order valence-corrected chi connectivity index (χ3v) is 3.58. The highest BCUT2D eigenvalue weighted by atomic mass is 127. The Kier molecular flexibility index (Phi) is 4.24. The molecule has 2 aromatic carbocycles. The highest BCUT2D eigenvalue weighted by Crippen LogP contribution is 2.30. The van der Waals surface area contributed by atoms with Crippen molar-refractivity contribution >= 4 is 22.6 Å². The number of aryl methyl sites for hydroxylation is 1. The third kappa shape index (κ3) is 2.84. The summed E-state index contributed by atoms with van der Waals surface area (Å²) in [5, 5.41) is 10.4. The van der Waals surface area contributed by atoms with Crippen molar-refractivity contribution in [2.45, 2.75) is 13.0 Å². The number of aliphatic hydroxyl groups is 1. The highest BCUT2D eigenvalue weighted by molar-refractivity contribution is 14.1. The van der Waals surface area contributed by atoms with Crippen LogP contribution in [0.5, 0.6) is 5.75 Å². The maximum atomic E-state index is 10.4. The molecule has 18 heavy (non-hydrogen) atoms. The zero-order valence-corrected chi connectivity index (χ0v) is 12.5. The fourth-order valence-corrected chi connectivity index (χ4v) is 2.25. The molecule has 0 spiro atoms. The van der Waals surface area contributed by atoms with E-state index in [1.165, 1.54) is 0 Å². The number of halogens is 1. The molecule has 1 unspecified atom stereocenters. The molecule has 1 atom stereocenters. The average Bonchev–Trinajstić information content (AvgIpc) is 2.39. The summed E-state index contributed by atoms with van der Waals surface area (Å²) in [6.45, 7) is 2.00. The molecule has 0 bridgehead atoms. The summed E-state index contributed by atoms with van der Waals surface area (Å²) < 4.78 is 6.46. The number of hydrogen-bond donors (Lipinski definition) is 1. The summed E-state index contributed by atoms with van der Waals surface area (Å²) in [5.41, 5.74) is 2.79. The van der Waals surface area contributed by atoms with Crippen molar-refractivity contribution in [2.75, 3.05) is 7.11 Å². The van der Waals surface area contributed by atoms with Crippen LogP contribution in [0, 0.1) is 10.5 Å². The van der Waals surface area contributed by atoms with E-state index in [-0.39, 0.29) is 0 Å². The lowest BCUT2D eigenvalue weighted by atomic mass is 9.99. The SMILES string of the molecule is COc1ccc(C)cc1C(O)c1ccc(I)cc1. The van der Waals surface area contributed by atoms with Crippen LogP contribution in [0.25, 0.3) is 0 Å². The van der Waals surface area contributed by atoms with Gasteiger partial charge in [0.15, 0.2) is 0 Å². The van der Waals surface area contributed by atoms with Crippen molar-refractivity contribution in [2.24, 2.45) is 0 Å². The van der Waals surface area contributed by atoms with Gasteiger partial charge >= 0.3 is 0 Å². The third-order valence-electron chi connectivity index (χ3n) is 2.87. The van der Waals surface area contributed by atoms with Crippen molar-refractivity contribution in [1.29, 1.82) is 0 Å². The molecule has 94 valence electrons. The molecule has 2 nitrogen and oxygen atoms in total. The molecule has 0 fully saturated rings. The first-order valence-electron chi connectivity index (χ1n) is 5.70. The molecule has 0 saturated carbocycles. The number of rotatable bonds is 3. The predicted octanol–water partition coefficient (Wildman–Crippen LogP) is 3.69. The summed E-state index contributed by atoms with van der Waals surface area (Å²) in [5.74, 6) is 0.714. The van der Waals surface area contributed by atoms with E-state index in [0.717, 1.165) is 20.3 Å². The second kappa shape index (κ2) is 5.71. The van der Waals surface area contributed by atoms with Gasteiger partial charge in [-0.1, -0.05) is 23.8 Å². The number of ether oxygens (including phenoxy) is 1. The first-order chi connectivity index (χ1) is 8.61. The summed E-state index contributed by atoms with van der Waals surface area (Å²) in [7, 11) is 1.62. The van der Waals surface area contributed by atoms with E-state index in [2.05, 4.69) is 22.6 Å². The van der Waals surface area contributed by atoms with Gasteiger partial charge < -0.3 is 9.84 Å². The van der Waals surface area contributed by atoms with Crippen molar-refractivity contribution in [3.8, 4) is 5.75 Å². The minimum absolute atomic E-state index is 0.656. The smallest absolute Gasteiger partial charge is 0.125 e. The van der Waals surface area contributed by atoms with Crippen molar-refractivity contribution in [3.63, 3.8) is 0 Å². The van der Waals surface area contributed by atoms with E-state index in [9.17, 15) is 5.11 Å². The van der Waals surface area contributed by atoms with Crippen molar-refractivity contribution < 1.29 is 9.84 Å². The lowest BCUT2D eigenvalue weighted by molar-refractivity contribution is 0.214. The Morgan fingerprint density at radius 1 is 1.11 bits per heavy atom. The van der Waals surface area contributed by atoms with Crippen LogP contribution in [0.4, 0.5) is 0 Å². The van der Waals surface area contributed by atoms with Crippen LogP contribution in [0.3, 0.4) is 0 Å². The number of benzene rings is 2. The van der Waals surface area contributed by atoms with Gasteiger partial charge in [0.2, 0.25) is 0 Å². The maximum absolute atomic E-state index is 10.4. The van der Waals surface area contributed by atoms with Gasteiger partial charge in [-0.2, -0.15) is 0 Å². The number of hydrogen-bond acceptors (Lipinski definition) is 2. The van der Waals surface area contributed by atoms with Crippen LogP contribution < -0.4 is 4.74 Å². The fraction of sp³-hybridized carbons (Fsp3) is 0.200. The summed E-state index contributed by atoms with van der Waals surface area (Å²) >= 11 is 2.25. The Bertz CT molecular complexity index is 535.